The third-order valence-electron chi connectivity index (χ3n) is 4.32. The lowest BCUT2D eigenvalue weighted by Crippen LogP contribution is -2.15. The molecule has 0 aliphatic carbocycles. The summed E-state index contributed by atoms with van der Waals surface area (Å²) in [5, 5.41) is 18.4. The highest BCUT2D eigenvalue weighted by molar-refractivity contribution is 5.89. The number of ether oxygens (including phenoxy) is 6. The minimum Gasteiger partial charge on any atom is -0.487 e. The molecule has 3 rings (SSSR count). The van der Waals surface area contributed by atoms with E-state index in [1.807, 2.05) is 0 Å². The highest BCUT2D eigenvalue weighted by Crippen LogP contribution is 2.29. The third-order valence-corrected chi connectivity index (χ3v) is 4.32. The van der Waals surface area contributed by atoms with Crippen LogP contribution in [0.2, 0.25) is 0 Å². The van der Waals surface area contributed by atoms with Crippen LogP contribution in [0.3, 0.4) is 0 Å². The first-order chi connectivity index (χ1) is 15.5. The molecular weight excluding hydrogens is 424 g/mol. The molecule has 32 heavy (non-hydrogen) atoms. The zero-order valence-electron chi connectivity index (χ0n) is 17.3. The summed E-state index contributed by atoms with van der Waals surface area (Å²) in [6.07, 6.45) is 0. The quantitative estimate of drug-likeness (QED) is 0.706. The Bertz CT molecular complexity index is 851. The van der Waals surface area contributed by atoms with E-state index in [1.54, 1.807) is 0 Å². The molecular formula is C22H24O10. The van der Waals surface area contributed by atoms with E-state index in [9.17, 15) is 19.8 Å². The number of carboxylic acids is 2. The lowest BCUT2D eigenvalue weighted by Gasteiger charge is -2.16. The van der Waals surface area contributed by atoms with Gasteiger partial charge in [0.15, 0.2) is 23.0 Å². The second-order valence-electron chi connectivity index (χ2n) is 6.55. The topological polar surface area (TPSA) is 130 Å². The van der Waals surface area contributed by atoms with Crippen LogP contribution < -0.4 is 18.9 Å². The number of hydrogen-bond donors (Lipinski definition) is 2. The molecule has 1 aliphatic heterocycles. The standard InChI is InChI=1S/C22H24O10/c23-21(24)15-1-3-17-19(13-15)31-11-7-28-6-10-30-18-4-2-16(22(25)26)14-20(18)32-12-8-27-5-9-29-17/h1-4,13-14H,5-12H2,(H,23,24)(H,25,26). The van der Waals surface area contributed by atoms with Gasteiger partial charge in [-0.25, -0.2) is 9.59 Å². The average molecular weight is 448 g/mol. The highest BCUT2D eigenvalue weighted by atomic mass is 16.6. The van der Waals surface area contributed by atoms with Crippen LogP contribution in [0.1, 0.15) is 20.7 Å². The Morgan fingerprint density at radius 3 is 1.22 bits per heavy atom. The number of aromatic carboxylic acids is 2. The Morgan fingerprint density at radius 2 is 0.875 bits per heavy atom. The van der Waals surface area contributed by atoms with E-state index in [2.05, 4.69) is 0 Å². The first-order valence-corrected chi connectivity index (χ1v) is 9.96. The van der Waals surface area contributed by atoms with Crippen LogP contribution in [-0.4, -0.2) is 75.0 Å². The van der Waals surface area contributed by atoms with Crippen molar-refractivity contribution in [3.05, 3.63) is 47.5 Å². The number of carbonyl (C=O) groups is 2. The van der Waals surface area contributed by atoms with E-state index < -0.39 is 11.9 Å². The molecule has 10 heteroatoms. The van der Waals surface area contributed by atoms with Gasteiger partial charge in [0.1, 0.15) is 26.4 Å². The molecule has 1 heterocycles. The number of fused-ring (bicyclic) bond motifs is 2. The molecule has 0 bridgehead atoms. The number of carboxylic acid groups (broad SMARTS) is 2. The SMILES string of the molecule is O=C(O)c1ccc2c(c1)OCCOCCOc1ccc(C(=O)O)cc1OCCOCCO2. The minimum atomic E-state index is -1.07. The summed E-state index contributed by atoms with van der Waals surface area (Å²) in [6.45, 7) is 1.77. The summed E-state index contributed by atoms with van der Waals surface area (Å²) in [4.78, 5) is 22.4. The van der Waals surface area contributed by atoms with Crippen LogP contribution in [0.25, 0.3) is 0 Å². The van der Waals surface area contributed by atoms with Gasteiger partial charge in [0.05, 0.1) is 37.6 Å². The molecule has 2 aromatic rings. The molecule has 172 valence electrons. The van der Waals surface area contributed by atoms with Crippen LogP contribution >= 0.6 is 0 Å². The third kappa shape index (κ3) is 6.76. The Hall–Kier alpha value is -3.50. The molecule has 0 atom stereocenters. The van der Waals surface area contributed by atoms with Gasteiger partial charge in [0, 0.05) is 0 Å². The molecule has 2 aromatic carbocycles. The minimum absolute atomic E-state index is 0.0851. The maximum absolute atomic E-state index is 11.2. The summed E-state index contributed by atoms with van der Waals surface area (Å²) in [5.74, 6) is -0.731. The molecule has 10 nitrogen and oxygen atoms in total. The van der Waals surface area contributed by atoms with Crippen molar-refractivity contribution in [3.63, 3.8) is 0 Å². The van der Waals surface area contributed by atoms with Gasteiger partial charge in [0.25, 0.3) is 0 Å². The van der Waals surface area contributed by atoms with Crippen molar-refractivity contribution in [2.24, 2.45) is 0 Å². The fourth-order valence-corrected chi connectivity index (χ4v) is 2.79. The molecule has 1 aliphatic rings. The predicted octanol–water partition coefficient (Wildman–Crippen LogP) is 2.35. The molecule has 0 saturated heterocycles. The Kier molecular flexibility index (Phi) is 8.52. The van der Waals surface area contributed by atoms with E-state index in [1.165, 1.54) is 36.4 Å². The smallest absolute Gasteiger partial charge is 0.335 e. The Morgan fingerprint density at radius 1 is 0.531 bits per heavy atom. The second-order valence-corrected chi connectivity index (χ2v) is 6.55. The second kappa shape index (κ2) is 11.8. The molecule has 0 radical (unpaired) electrons. The molecule has 0 saturated carbocycles. The van der Waals surface area contributed by atoms with Crippen LogP contribution in [0.4, 0.5) is 0 Å². The van der Waals surface area contributed by atoms with Gasteiger partial charge in [0.2, 0.25) is 0 Å². The fraction of sp³-hybridized carbons (Fsp3) is 0.364. The van der Waals surface area contributed by atoms with E-state index in [-0.39, 0.29) is 64.0 Å². The van der Waals surface area contributed by atoms with Crippen molar-refractivity contribution in [3.8, 4) is 23.0 Å². The van der Waals surface area contributed by atoms with Gasteiger partial charge in [-0.05, 0) is 36.4 Å². The van der Waals surface area contributed by atoms with E-state index in [0.717, 1.165) is 0 Å². The van der Waals surface area contributed by atoms with Crippen molar-refractivity contribution in [1.29, 1.82) is 0 Å². The Labute approximate surface area is 184 Å². The number of rotatable bonds is 2. The first kappa shape index (κ1) is 23.2. The lowest BCUT2D eigenvalue weighted by atomic mass is 10.2. The van der Waals surface area contributed by atoms with E-state index in [4.69, 9.17) is 28.4 Å². The highest BCUT2D eigenvalue weighted by Gasteiger charge is 2.13. The summed E-state index contributed by atoms with van der Waals surface area (Å²) in [7, 11) is 0. The largest absolute Gasteiger partial charge is 0.487 e. The van der Waals surface area contributed by atoms with Crippen molar-refractivity contribution in [2.45, 2.75) is 0 Å². The fourth-order valence-electron chi connectivity index (χ4n) is 2.79. The number of hydrogen-bond acceptors (Lipinski definition) is 8. The monoisotopic (exact) mass is 448 g/mol. The van der Waals surface area contributed by atoms with Crippen molar-refractivity contribution < 1.29 is 48.2 Å². The van der Waals surface area contributed by atoms with Gasteiger partial charge < -0.3 is 38.6 Å². The molecule has 0 fully saturated rings. The zero-order chi connectivity index (χ0) is 22.8. The summed E-state index contributed by atoms with van der Waals surface area (Å²) >= 11 is 0. The zero-order valence-corrected chi connectivity index (χ0v) is 17.3. The van der Waals surface area contributed by atoms with E-state index >= 15 is 0 Å². The Balaban J connectivity index is 1.64. The summed E-state index contributed by atoms with van der Waals surface area (Å²) < 4.78 is 33.6. The van der Waals surface area contributed by atoms with Crippen LogP contribution in [-0.2, 0) is 9.47 Å². The van der Waals surface area contributed by atoms with Gasteiger partial charge in [-0.3, -0.25) is 0 Å². The molecule has 0 aromatic heterocycles. The predicted molar refractivity (Wildman–Crippen MR) is 110 cm³/mol. The van der Waals surface area contributed by atoms with Gasteiger partial charge in [-0.15, -0.1) is 0 Å². The van der Waals surface area contributed by atoms with Gasteiger partial charge in [-0.2, -0.15) is 0 Å². The maximum atomic E-state index is 11.2. The van der Waals surface area contributed by atoms with Gasteiger partial charge in [-0.1, -0.05) is 0 Å². The maximum Gasteiger partial charge on any atom is 0.335 e. The first-order valence-electron chi connectivity index (χ1n) is 9.96. The number of benzene rings is 2. The molecule has 0 unspecified atom stereocenters. The molecule has 0 amide bonds. The van der Waals surface area contributed by atoms with Crippen LogP contribution in [0, 0.1) is 0 Å². The average Bonchev–Trinajstić information content (AvgIpc) is 2.78. The van der Waals surface area contributed by atoms with Crippen LogP contribution in [0.15, 0.2) is 36.4 Å². The van der Waals surface area contributed by atoms with Crippen molar-refractivity contribution in [1.82, 2.24) is 0 Å². The van der Waals surface area contributed by atoms with Crippen molar-refractivity contribution in [2.75, 3.05) is 52.9 Å². The van der Waals surface area contributed by atoms with Crippen molar-refractivity contribution >= 4 is 11.9 Å². The summed E-state index contributed by atoms with van der Waals surface area (Å²) in [6, 6.07) is 8.73. The van der Waals surface area contributed by atoms with Crippen LogP contribution in [0.5, 0.6) is 23.0 Å². The molecule has 2 N–H and O–H groups in total. The lowest BCUT2D eigenvalue weighted by molar-refractivity contribution is 0.0632. The van der Waals surface area contributed by atoms with Gasteiger partial charge >= 0.3 is 11.9 Å². The summed E-state index contributed by atoms with van der Waals surface area (Å²) in [5.41, 5.74) is 0.170. The normalized spacial score (nSPS) is 15.8. The van der Waals surface area contributed by atoms with E-state index in [0.29, 0.717) is 23.0 Å². The molecule has 0 spiro atoms.